The summed E-state index contributed by atoms with van der Waals surface area (Å²) in [6.07, 6.45) is 26.6. The van der Waals surface area contributed by atoms with E-state index in [2.05, 4.69) is 178 Å². The van der Waals surface area contributed by atoms with Gasteiger partial charge in [0.1, 0.15) is 0 Å². The fourth-order valence-corrected chi connectivity index (χ4v) is 15.3. The summed E-state index contributed by atoms with van der Waals surface area (Å²) < 4.78 is 5.62. The lowest BCUT2D eigenvalue weighted by Crippen LogP contribution is -2.31. The molecule has 0 N–H and O–H groups in total. The van der Waals surface area contributed by atoms with Gasteiger partial charge in [0.25, 0.3) is 0 Å². The van der Waals surface area contributed by atoms with Crippen LogP contribution in [0.5, 0.6) is 0 Å². The van der Waals surface area contributed by atoms with Crippen LogP contribution < -0.4 is 0 Å². The molecule has 6 aliphatic rings. The van der Waals surface area contributed by atoms with Gasteiger partial charge in [-0.3, -0.25) is 0 Å². The first-order valence-electron chi connectivity index (χ1n) is 32.8. The van der Waals surface area contributed by atoms with Crippen LogP contribution in [0.15, 0.2) is 0 Å². The van der Waals surface area contributed by atoms with Gasteiger partial charge in [-0.15, -0.1) is 0 Å². The summed E-state index contributed by atoms with van der Waals surface area (Å²) in [6, 6.07) is 0. The van der Waals surface area contributed by atoms with Gasteiger partial charge in [-0.2, -0.15) is 11.8 Å². The summed E-state index contributed by atoms with van der Waals surface area (Å²) in [5, 5.41) is 0. The van der Waals surface area contributed by atoms with Crippen LogP contribution in [0.3, 0.4) is 0 Å². The molecule has 2 heterocycles. The topological polar surface area (TPSA) is 9.23 Å². The van der Waals surface area contributed by atoms with Gasteiger partial charge in [-0.05, 0) is 192 Å². The first-order valence-corrected chi connectivity index (χ1v) is 34.0. The van der Waals surface area contributed by atoms with E-state index < -0.39 is 0 Å². The molecular formula is C70H140OS. The summed E-state index contributed by atoms with van der Waals surface area (Å²) in [4.78, 5) is 0. The highest BCUT2D eigenvalue weighted by atomic mass is 32.2. The third-order valence-electron chi connectivity index (χ3n) is 20.9. The van der Waals surface area contributed by atoms with Crippen molar-refractivity contribution in [3.05, 3.63) is 0 Å². The molecule has 0 aromatic rings. The lowest BCUT2D eigenvalue weighted by molar-refractivity contribution is -0.0147. The van der Waals surface area contributed by atoms with E-state index in [4.69, 9.17) is 4.74 Å². The molecule has 4 aliphatic carbocycles. The van der Waals surface area contributed by atoms with Crippen LogP contribution in [0.4, 0.5) is 0 Å². The summed E-state index contributed by atoms with van der Waals surface area (Å²) in [6.45, 7) is 58.8. The van der Waals surface area contributed by atoms with Crippen LogP contribution in [0.1, 0.15) is 282 Å². The average Bonchev–Trinajstić information content (AvgIpc) is 3.35. The highest BCUT2D eigenvalue weighted by molar-refractivity contribution is 7.99. The van der Waals surface area contributed by atoms with E-state index in [0.29, 0.717) is 0 Å². The summed E-state index contributed by atoms with van der Waals surface area (Å²) in [5.41, 5.74) is 0. The van der Waals surface area contributed by atoms with Crippen LogP contribution in [0.2, 0.25) is 0 Å². The van der Waals surface area contributed by atoms with Crippen LogP contribution in [0, 0.1) is 142 Å². The standard InChI is InChI=1S/4C12H24.C11H22O.C11H22S/c4*1-9(2)11-6-5-7-12(8-11)10(3)4;2*1-8(2)10-5-11(9(3)4)7-12-6-10/h4*9-12H,5-8H2,1-4H3;2*8-11H,5-7H2,1-4H3. The Morgan fingerprint density at radius 3 is 0.542 bits per heavy atom. The number of thioether (sulfide) groups is 1. The van der Waals surface area contributed by atoms with E-state index in [1.807, 2.05) is 0 Å². The largest absolute Gasteiger partial charge is 0.381 e. The van der Waals surface area contributed by atoms with E-state index in [0.717, 1.165) is 155 Å². The van der Waals surface area contributed by atoms with Crippen molar-refractivity contribution in [2.45, 2.75) is 282 Å². The zero-order valence-electron chi connectivity index (χ0n) is 54.2. The van der Waals surface area contributed by atoms with Crippen LogP contribution in [-0.4, -0.2) is 24.7 Å². The van der Waals surface area contributed by atoms with E-state index >= 15 is 0 Å². The summed E-state index contributed by atoms with van der Waals surface area (Å²) >= 11 is 2.17. The van der Waals surface area contributed by atoms with E-state index in [-0.39, 0.29) is 0 Å². The van der Waals surface area contributed by atoms with Crippen molar-refractivity contribution < 1.29 is 4.74 Å². The van der Waals surface area contributed by atoms with Gasteiger partial charge in [-0.25, -0.2) is 0 Å². The summed E-state index contributed by atoms with van der Waals surface area (Å²) in [7, 11) is 0. The zero-order chi connectivity index (χ0) is 54.8. The van der Waals surface area contributed by atoms with Crippen LogP contribution >= 0.6 is 11.8 Å². The lowest BCUT2D eigenvalue weighted by Gasteiger charge is -2.33. The van der Waals surface area contributed by atoms with E-state index in [1.54, 1.807) is 0 Å². The predicted octanol–water partition coefficient (Wildman–Crippen LogP) is 23.0. The third-order valence-corrected chi connectivity index (χ3v) is 22.2. The molecule has 0 radical (unpaired) electrons. The minimum Gasteiger partial charge on any atom is -0.381 e. The molecule has 1 nitrogen and oxygen atoms in total. The molecule has 2 saturated heterocycles. The van der Waals surface area contributed by atoms with Gasteiger partial charge in [0.15, 0.2) is 0 Å². The van der Waals surface area contributed by atoms with Gasteiger partial charge in [0, 0.05) is 13.2 Å². The van der Waals surface area contributed by atoms with Crippen LogP contribution in [-0.2, 0) is 4.74 Å². The highest BCUT2D eigenvalue weighted by Gasteiger charge is 2.30. The quantitative estimate of drug-likeness (QED) is 0.193. The minimum absolute atomic E-state index is 0.784. The Labute approximate surface area is 462 Å². The average molecular weight is 1030 g/mol. The maximum Gasteiger partial charge on any atom is 0.0496 e. The Morgan fingerprint density at radius 2 is 0.375 bits per heavy atom. The maximum atomic E-state index is 5.62. The Balaban J connectivity index is 0.000000432. The Hall–Kier alpha value is 0.310. The molecule has 12 atom stereocenters. The van der Waals surface area contributed by atoms with Crippen molar-refractivity contribution in [3.8, 4) is 0 Å². The van der Waals surface area contributed by atoms with Gasteiger partial charge in [0.05, 0.1) is 0 Å². The fourth-order valence-electron chi connectivity index (χ4n) is 13.6. The van der Waals surface area contributed by atoms with E-state index in [1.165, 1.54) is 127 Å². The molecule has 0 spiro atoms. The zero-order valence-corrected chi connectivity index (χ0v) is 55.0. The molecule has 6 rings (SSSR count). The number of hydrogen-bond acceptors (Lipinski definition) is 2. The van der Waals surface area contributed by atoms with Crippen molar-refractivity contribution in [1.82, 2.24) is 0 Å². The van der Waals surface area contributed by atoms with Crippen molar-refractivity contribution in [2.24, 2.45) is 142 Å². The maximum absolute atomic E-state index is 5.62. The first kappa shape index (κ1) is 70.3. The smallest absolute Gasteiger partial charge is 0.0496 e. The monoisotopic (exact) mass is 1030 g/mol. The second kappa shape index (κ2) is 38.0. The van der Waals surface area contributed by atoms with Gasteiger partial charge >= 0.3 is 0 Å². The van der Waals surface area contributed by atoms with Gasteiger partial charge in [-0.1, -0.05) is 243 Å². The van der Waals surface area contributed by atoms with E-state index in [9.17, 15) is 0 Å². The SMILES string of the molecule is CC(C)C1CCCC(C(C)C)C1.CC(C)C1CCCC(C(C)C)C1.CC(C)C1CCCC(C(C)C)C1.CC(C)C1CCCC(C(C)C)C1.CC(C)C1COCC(C(C)C)C1.CC(C)C1CSCC(C(C)C)C1. The second-order valence-corrected chi connectivity index (χ2v) is 31.3. The molecule has 432 valence electrons. The minimum atomic E-state index is 0.784. The Bertz CT molecular complexity index is 923. The molecule has 2 heteroatoms. The fraction of sp³-hybridized carbons (Fsp3) is 1.00. The molecule has 72 heavy (non-hydrogen) atoms. The molecule has 0 aromatic carbocycles. The van der Waals surface area contributed by atoms with Crippen molar-refractivity contribution in [1.29, 1.82) is 0 Å². The molecule has 6 fully saturated rings. The van der Waals surface area contributed by atoms with Crippen LogP contribution in [0.25, 0.3) is 0 Å². The molecule has 0 aromatic heterocycles. The van der Waals surface area contributed by atoms with Crippen molar-refractivity contribution in [2.75, 3.05) is 24.7 Å². The lowest BCUT2D eigenvalue weighted by atomic mass is 9.72. The number of hydrogen-bond donors (Lipinski definition) is 0. The number of rotatable bonds is 12. The molecule has 4 saturated carbocycles. The first-order chi connectivity index (χ1) is 33.7. The number of ether oxygens (including phenoxy) is 1. The molecular weight excluding hydrogens is 889 g/mol. The Morgan fingerprint density at radius 1 is 0.222 bits per heavy atom. The predicted molar refractivity (Wildman–Crippen MR) is 331 cm³/mol. The molecule has 0 amide bonds. The Kier molecular flexibility index (Phi) is 37.1. The highest BCUT2D eigenvalue weighted by Crippen LogP contribution is 2.41. The molecule has 12 unspecified atom stereocenters. The molecule has 2 aliphatic heterocycles. The van der Waals surface area contributed by atoms with Crippen molar-refractivity contribution >= 4 is 11.8 Å². The van der Waals surface area contributed by atoms with Gasteiger partial charge in [0.2, 0.25) is 0 Å². The van der Waals surface area contributed by atoms with Crippen molar-refractivity contribution in [3.63, 3.8) is 0 Å². The normalized spacial score (nSPS) is 31.5. The second-order valence-electron chi connectivity index (χ2n) is 30.3. The third kappa shape index (κ3) is 28.8. The van der Waals surface area contributed by atoms with Gasteiger partial charge < -0.3 is 4.74 Å². The summed E-state index contributed by atoms with van der Waals surface area (Å²) in [5.74, 6) is 25.1. The molecule has 0 bridgehead atoms.